The van der Waals surface area contributed by atoms with Gasteiger partial charge in [0.25, 0.3) is 0 Å². The molecule has 0 saturated heterocycles. The van der Waals surface area contributed by atoms with Crippen molar-refractivity contribution in [2.45, 2.75) is 44.4 Å². The van der Waals surface area contributed by atoms with Gasteiger partial charge in [0.05, 0.1) is 33.7 Å². The molecule has 1 saturated carbocycles. The molecule has 3 rings (SSSR count). The fourth-order valence-electron chi connectivity index (χ4n) is 2.66. The molecule has 1 aromatic carbocycles. The summed E-state index contributed by atoms with van der Waals surface area (Å²) < 4.78 is 1.68. The summed E-state index contributed by atoms with van der Waals surface area (Å²) in [6.45, 7) is 0.669. The van der Waals surface area contributed by atoms with Crippen LogP contribution in [0.2, 0.25) is 10.0 Å². The molecule has 118 valence electrons. The summed E-state index contributed by atoms with van der Waals surface area (Å²) in [7, 11) is 0. The van der Waals surface area contributed by atoms with Gasteiger partial charge in [-0.25, -0.2) is 4.68 Å². The summed E-state index contributed by atoms with van der Waals surface area (Å²) in [5.74, 6) is 0. The molecule has 1 fully saturated rings. The molecule has 0 radical (unpaired) electrons. The smallest absolute Gasteiger partial charge is 0.0969 e. The second-order valence-corrected chi connectivity index (χ2v) is 6.45. The zero-order chi connectivity index (χ0) is 15.5. The molecule has 1 aliphatic carbocycles. The summed E-state index contributed by atoms with van der Waals surface area (Å²) in [5.41, 5.74) is 1.70. The van der Waals surface area contributed by atoms with Crippen molar-refractivity contribution in [3.63, 3.8) is 0 Å². The number of benzene rings is 1. The quantitative estimate of drug-likeness (QED) is 0.898. The Hall–Kier alpha value is -1.14. The number of halogens is 2. The minimum absolute atomic E-state index is 0.131. The number of nitrogens with one attached hydrogen (secondary N) is 1. The summed E-state index contributed by atoms with van der Waals surface area (Å²) in [4.78, 5) is 0. The highest BCUT2D eigenvalue weighted by atomic mass is 35.5. The highest BCUT2D eigenvalue weighted by Gasteiger charge is 2.19. The topological polar surface area (TPSA) is 63.0 Å². The first-order valence-electron chi connectivity index (χ1n) is 7.40. The van der Waals surface area contributed by atoms with Crippen LogP contribution in [-0.2, 0) is 6.54 Å². The van der Waals surface area contributed by atoms with Crippen LogP contribution in [0.15, 0.2) is 24.4 Å². The van der Waals surface area contributed by atoms with E-state index in [1.54, 1.807) is 16.8 Å². The number of aliphatic hydroxyl groups is 1. The summed E-state index contributed by atoms with van der Waals surface area (Å²) in [6, 6.07) is 5.80. The SMILES string of the molecule is OC1CCC(NCc2cn(-c3ccc(Cl)c(Cl)c3)nn2)CC1. The molecule has 0 atom stereocenters. The average molecular weight is 341 g/mol. The van der Waals surface area contributed by atoms with Gasteiger partial charge >= 0.3 is 0 Å². The van der Waals surface area contributed by atoms with E-state index < -0.39 is 0 Å². The van der Waals surface area contributed by atoms with Crippen LogP contribution in [0.25, 0.3) is 5.69 Å². The van der Waals surface area contributed by atoms with Gasteiger partial charge in [0.1, 0.15) is 0 Å². The van der Waals surface area contributed by atoms with E-state index in [1.165, 1.54) is 0 Å². The molecule has 2 N–H and O–H groups in total. The average Bonchev–Trinajstić information content (AvgIpc) is 2.98. The predicted molar refractivity (Wildman–Crippen MR) is 86.5 cm³/mol. The lowest BCUT2D eigenvalue weighted by molar-refractivity contribution is 0.116. The lowest BCUT2D eigenvalue weighted by atomic mass is 9.93. The van der Waals surface area contributed by atoms with Gasteiger partial charge in [-0.1, -0.05) is 28.4 Å². The first kappa shape index (κ1) is 15.7. The molecule has 7 heteroatoms. The maximum atomic E-state index is 9.51. The third-order valence-corrected chi connectivity index (χ3v) is 4.72. The van der Waals surface area contributed by atoms with Crippen LogP contribution in [0.1, 0.15) is 31.4 Å². The Morgan fingerprint density at radius 3 is 2.68 bits per heavy atom. The van der Waals surface area contributed by atoms with Gasteiger partial charge in [0.15, 0.2) is 0 Å². The molecule has 1 aromatic heterocycles. The van der Waals surface area contributed by atoms with Crippen LogP contribution in [0, 0.1) is 0 Å². The molecular formula is C15H18Cl2N4O. The summed E-state index contributed by atoms with van der Waals surface area (Å²) in [6.07, 6.45) is 5.49. The Morgan fingerprint density at radius 2 is 1.95 bits per heavy atom. The van der Waals surface area contributed by atoms with Gasteiger partial charge in [-0.2, -0.15) is 0 Å². The van der Waals surface area contributed by atoms with Crippen molar-refractivity contribution in [3.8, 4) is 5.69 Å². The van der Waals surface area contributed by atoms with E-state index >= 15 is 0 Å². The summed E-state index contributed by atoms with van der Waals surface area (Å²) >= 11 is 11.9. The number of hydrogen-bond acceptors (Lipinski definition) is 4. The maximum Gasteiger partial charge on any atom is 0.0969 e. The van der Waals surface area contributed by atoms with Gasteiger partial charge in [0, 0.05) is 12.6 Å². The van der Waals surface area contributed by atoms with Crippen LogP contribution in [0.5, 0.6) is 0 Å². The third-order valence-electron chi connectivity index (χ3n) is 3.98. The van der Waals surface area contributed by atoms with Crippen LogP contribution in [-0.4, -0.2) is 32.2 Å². The van der Waals surface area contributed by atoms with Gasteiger partial charge in [0.2, 0.25) is 0 Å². The molecule has 0 aliphatic heterocycles. The van der Waals surface area contributed by atoms with E-state index in [0.29, 0.717) is 22.6 Å². The van der Waals surface area contributed by atoms with E-state index in [0.717, 1.165) is 37.1 Å². The molecule has 0 amide bonds. The monoisotopic (exact) mass is 340 g/mol. The fraction of sp³-hybridized carbons (Fsp3) is 0.467. The first-order valence-corrected chi connectivity index (χ1v) is 8.15. The number of nitrogens with zero attached hydrogens (tertiary/aromatic N) is 3. The Balaban J connectivity index is 1.60. The van der Waals surface area contributed by atoms with Crippen molar-refractivity contribution in [1.29, 1.82) is 0 Å². The highest BCUT2D eigenvalue weighted by molar-refractivity contribution is 6.42. The Morgan fingerprint density at radius 1 is 1.18 bits per heavy atom. The van der Waals surface area contributed by atoms with E-state index in [9.17, 15) is 5.11 Å². The predicted octanol–water partition coefficient (Wildman–Crippen LogP) is 2.97. The zero-order valence-electron chi connectivity index (χ0n) is 12.0. The second kappa shape index (κ2) is 6.96. The Labute approximate surface area is 139 Å². The molecule has 0 unspecified atom stereocenters. The second-order valence-electron chi connectivity index (χ2n) is 5.64. The van der Waals surface area contributed by atoms with Crippen molar-refractivity contribution >= 4 is 23.2 Å². The Kier molecular flexibility index (Phi) is 4.98. The lowest BCUT2D eigenvalue weighted by Crippen LogP contribution is -2.34. The van der Waals surface area contributed by atoms with Crippen molar-refractivity contribution in [3.05, 3.63) is 40.1 Å². The van der Waals surface area contributed by atoms with E-state index in [1.807, 2.05) is 12.3 Å². The number of aromatic nitrogens is 3. The van der Waals surface area contributed by atoms with Crippen LogP contribution in [0.3, 0.4) is 0 Å². The zero-order valence-corrected chi connectivity index (χ0v) is 13.6. The largest absolute Gasteiger partial charge is 0.393 e. The van der Waals surface area contributed by atoms with Gasteiger partial charge in [-0.05, 0) is 43.9 Å². The summed E-state index contributed by atoms with van der Waals surface area (Å²) in [5, 5.41) is 22.3. The van der Waals surface area contributed by atoms with E-state index in [4.69, 9.17) is 23.2 Å². The standard InChI is InChI=1S/C15H18Cl2N4O/c16-14-6-3-12(7-15(14)17)21-9-11(19-20-21)8-18-10-1-4-13(22)5-2-10/h3,6-7,9-10,13,18,22H,1-2,4-5,8H2. The molecule has 1 heterocycles. The normalized spacial score (nSPS) is 22.0. The van der Waals surface area contributed by atoms with Crippen molar-refractivity contribution < 1.29 is 5.11 Å². The van der Waals surface area contributed by atoms with Crippen LogP contribution in [0.4, 0.5) is 0 Å². The van der Waals surface area contributed by atoms with Crippen molar-refractivity contribution in [2.24, 2.45) is 0 Å². The highest BCUT2D eigenvalue weighted by Crippen LogP contribution is 2.24. The van der Waals surface area contributed by atoms with Gasteiger partial charge in [-0.3, -0.25) is 0 Å². The molecule has 5 nitrogen and oxygen atoms in total. The molecule has 1 aliphatic rings. The fourth-order valence-corrected chi connectivity index (χ4v) is 2.95. The van der Waals surface area contributed by atoms with Crippen molar-refractivity contribution in [2.75, 3.05) is 0 Å². The molecular weight excluding hydrogens is 323 g/mol. The van der Waals surface area contributed by atoms with E-state index in [-0.39, 0.29) is 6.10 Å². The molecule has 0 spiro atoms. The van der Waals surface area contributed by atoms with Gasteiger partial charge in [-0.15, -0.1) is 5.10 Å². The minimum Gasteiger partial charge on any atom is -0.393 e. The van der Waals surface area contributed by atoms with Crippen LogP contribution >= 0.6 is 23.2 Å². The molecule has 2 aromatic rings. The maximum absolute atomic E-state index is 9.51. The van der Waals surface area contributed by atoms with Gasteiger partial charge < -0.3 is 10.4 Å². The minimum atomic E-state index is -0.131. The Bertz CT molecular complexity index is 638. The van der Waals surface area contributed by atoms with Crippen molar-refractivity contribution in [1.82, 2.24) is 20.3 Å². The number of rotatable bonds is 4. The van der Waals surface area contributed by atoms with Crippen LogP contribution < -0.4 is 5.32 Å². The molecule has 0 bridgehead atoms. The van der Waals surface area contributed by atoms with E-state index in [2.05, 4.69) is 15.6 Å². The first-order chi connectivity index (χ1) is 10.6. The lowest BCUT2D eigenvalue weighted by Gasteiger charge is -2.25. The number of hydrogen-bond donors (Lipinski definition) is 2. The third kappa shape index (κ3) is 3.79. The number of aliphatic hydroxyl groups excluding tert-OH is 1. The molecule has 22 heavy (non-hydrogen) atoms.